The maximum Gasteiger partial charge on any atom is 0.335 e. The molecule has 204 valence electrons. The van der Waals surface area contributed by atoms with Crippen molar-refractivity contribution in [3.05, 3.63) is 87.9 Å². The number of carbonyl (C=O) groups excluding carboxylic acids is 1. The zero-order chi connectivity index (χ0) is 27.6. The van der Waals surface area contributed by atoms with E-state index in [4.69, 9.17) is 25.8 Å². The van der Waals surface area contributed by atoms with Crippen LogP contribution in [0.25, 0.3) is 0 Å². The van der Waals surface area contributed by atoms with Crippen LogP contribution in [-0.4, -0.2) is 47.9 Å². The molecular weight excluding hydrogens is 560 g/mol. The number of hydrazone groups is 1. The minimum atomic E-state index is -1.01. The fraction of sp³-hybridized carbons (Fsp3) is 0.250. The fourth-order valence-electron chi connectivity index (χ4n) is 3.65. The van der Waals surface area contributed by atoms with Gasteiger partial charge in [-0.1, -0.05) is 35.9 Å². The van der Waals surface area contributed by atoms with Gasteiger partial charge >= 0.3 is 5.97 Å². The molecule has 1 amide bonds. The molecule has 1 heterocycles. The van der Waals surface area contributed by atoms with Gasteiger partial charge in [0.25, 0.3) is 5.91 Å². The van der Waals surface area contributed by atoms with Gasteiger partial charge in [-0.25, -0.2) is 10.2 Å². The predicted molar refractivity (Wildman–Crippen MR) is 156 cm³/mol. The number of aromatic carboxylic acids is 1. The van der Waals surface area contributed by atoms with E-state index in [2.05, 4.69) is 10.5 Å². The van der Waals surface area contributed by atoms with Crippen molar-refractivity contribution < 1.29 is 28.9 Å². The predicted octanol–water partition coefficient (Wildman–Crippen LogP) is 6.02. The number of carboxylic acids is 1. The summed E-state index contributed by atoms with van der Waals surface area (Å²) < 4.78 is 17.6. The van der Waals surface area contributed by atoms with E-state index in [9.17, 15) is 14.7 Å². The topological polar surface area (TPSA) is 106 Å². The molecule has 0 radical (unpaired) electrons. The Morgan fingerprint density at radius 1 is 1.08 bits per heavy atom. The maximum atomic E-state index is 12.2. The van der Waals surface area contributed by atoms with Crippen LogP contribution < -0.4 is 19.6 Å². The van der Waals surface area contributed by atoms with E-state index in [0.717, 1.165) is 11.5 Å². The Labute approximate surface area is 240 Å². The van der Waals surface area contributed by atoms with E-state index in [1.807, 2.05) is 54.7 Å². The van der Waals surface area contributed by atoms with Crippen LogP contribution in [0.4, 0.5) is 0 Å². The Hall–Kier alpha value is -3.34. The van der Waals surface area contributed by atoms with Crippen molar-refractivity contribution in [1.82, 2.24) is 5.43 Å². The minimum absolute atomic E-state index is 0.103. The summed E-state index contributed by atoms with van der Waals surface area (Å²) in [6.07, 6.45) is 1.44. The van der Waals surface area contributed by atoms with Crippen LogP contribution in [0.1, 0.15) is 38.6 Å². The number of rotatable bonds is 12. The summed E-state index contributed by atoms with van der Waals surface area (Å²) in [6.45, 7) is 2.13. The molecule has 0 unspecified atom stereocenters. The van der Waals surface area contributed by atoms with Gasteiger partial charge in [0, 0.05) is 11.5 Å². The molecule has 4 rings (SSSR count). The molecule has 0 aromatic heterocycles. The summed E-state index contributed by atoms with van der Waals surface area (Å²) in [6, 6.07) is 17.6. The third kappa shape index (κ3) is 8.32. The number of halogens is 1. The standard InChI is InChI=1S/C28H27ClN2O6S2/c1-2-35-24-14-19(13-23(29)26(24)37-16-18-4-3-5-21(12-18)27(33)34)15-30-31-25(32)17-36-22-8-6-20(7-9-22)28-38-10-11-39-28/h3-9,12-15,28H,2,10-11,16-17H2,1H3,(H,31,32)(H,33,34)/b30-15-. The Kier molecular flexibility index (Phi) is 10.4. The number of nitrogens with zero attached hydrogens (tertiary/aromatic N) is 1. The summed E-state index contributed by atoms with van der Waals surface area (Å²) >= 11 is 10.3. The van der Waals surface area contributed by atoms with Gasteiger partial charge in [0.2, 0.25) is 0 Å². The van der Waals surface area contributed by atoms with Crippen LogP contribution in [-0.2, 0) is 11.4 Å². The Balaban J connectivity index is 1.31. The smallest absolute Gasteiger partial charge is 0.335 e. The number of thioether (sulfide) groups is 2. The number of hydrogen-bond acceptors (Lipinski definition) is 8. The second-order valence-corrected chi connectivity index (χ2v) is 11.4. The highest BCUT2D eigenvalue weighted by molar-refractivity contribution is 8.19. The molecule has 2 N–H and O–H groups in total. The average molecular weight is 587 g/mol. The van der Waals surface area contributed by atoms with Gasteiger partial charge in [-0.15, -0.1) is 23.5 Å². The van der Waals surface area contributed by atoms with Crippen LogP contribution in [0.5, 0.6) is 17.2 Å². The van der Waals surface area contributed by atoms with Gasteiger partial charge in [-0.3, -0.25) is 4.79 Å². The Morgan fingerprint density at radius 3 is 2.56 bits per heavy atom. The van der Waals surface area contributed by atoms with E-state index >= 15 is 0 Å². The fourth-order valence-corrected chi connectivity index (χ4v) is 6.78. The van der Waals surface area contributed by atoms with Gasteiger partial charge in [-0.05, 0) is 60.0 Å². The third-order valence-electron chi connectivity index (χ3n) is 5.44. The molecule has 8 nitrogen and oxygen atoms in total. The summed E-state index contributed by atoms with van der Waals surface area (Å²) in [5.41, 5.74) is 5.12. The second-order valence-electron chi connectivity index (χ2n) is 8.28. The quantitative estimate of drug-likeness (QED) is 0.196. The summed E-state index contributed by atoms with van der Waals surface area (Å²) in [5.74, 6) is 2.24. The lowest BCUT2D eigenvalue weighted by molar-refractivity contribution is -0.123. The SMILES string of the molecule is CCOc1cc(/C=N\NC(=O)COc2ccc(C3SCCS3)cc2)cc(Cl)c1OCc1cccc(C(=O)O)c1. The minimum Gasteiger partial charge on any atom is -0.490 e. The van der Waals surface area contributed by atoms with Gasteiger partial charge in [0.1, 0.15) is 12.4 Å². The number of nitrogens with one attached hydrogen (secondary N) is 1. The lowest BCUT2D eigenvalue weighted by Crippen LogP contribution is -2.24. The third-order valence-corrected chi connectivity index (χ3v) is 8.82. The number of carbonyl (C=O) groups is 2. The summed E-state index contributed by atoms with van der Waals surface area (Å²) in [4.78, 5) is 23.4. The van der Waals surface area contributed by atoms with Crippen LogP contribution in [0.15, 0.2) is 65.8 Å². The van der Waals surface area contributed by atoms with E-state index < -0.39 is 11.9 Å². The monoisotopic (exact) mass is 586 g/mol. The molecule has 1 aliphatic heterocycles. The van der Waals surface area contributed by atoms with Crippen molar-refractivity contribution in [3.63, 3.8) is 0 Å². The molecule has 1 saturated heterocycles. The molecule has 1 aliphatic rings. The van der Waals surface area contributed by atoms with Crippen molar-refractivity contribution >= 4 is 53.2 Å². The molecule has 1 fully saturated rings. The molecule has 0 spiro atoms. The van der Waals surface area contributed by atoms with Crippen molar-refractivity contribution in [2.24, 2.45) is 5.10 Å². The van der Waals surface area contributed by atoms with Gasteiger partial charge in [0.15, 0.2) is 18.1 Å². The molecule has 0 bridgehead atoms. The lowest BCUT2D eigenvalue weighted by Gasteiger charge is -2.14. The van der Waals surface area contributed by atoms with Crippen molar-refractivity contribution in [1.29, 1.82) is 0 Å². The van der Waals surface area contributed by atoms with Crippen LogP contribution >= 0.6 is 35.1 Å². The van der Waals surface area contributed by atoms with Crippen LogP contribution in [0.2, 0.25) is 5.02 Å². The zero-order valence-corrected chi connectivity index (χ0v) is 23.5. The molecule has 3 aromatic carbocycles. The Morgan fingerprint density at radius 2 is 1.85 bits per heavy atom. The van der Waals surface area contributed by atoms with Crippen LogP contribution in [0, 0.1) is 0 Å². The first-order valence-electron chi connectivity index (χ1n) is 12.1. The van der Waals surface area contributed by atoms with Crippen molar-refractivity contribution in [2.75, 3.05) is 24.7 Å². The molecule has 11 heteroatoms. The summed E-state index contributed by atoms with van der Waals surface area (Å²) in [5, 5.41) is 13.5. The van der Waals surface area contributed by atoms with Crippen molar-refractivity contribution in [2.45, 2.75) is 18.1 Å². The van der Waals surface area contributed by atoms with E-state index in [1.54, 1.807) is 24.3 Å². The van der Waals surface area contributed by atoms with Gasteiger partial charge in [0.05, 0.1) is 28.0 Å². The zero-order valence-electron chi connectivity index (χ0n) is 21.1. The lowest BCUT2D eigenvalue weighted by atomic mass is 10.1. The molecule has 39 heavy (non-hydrogen) atoms. The van der Waals surface area contributed by atoms with Crippen molar-refractivity contribution in [3.8, 4) is 17.2 Å². The first-order chi connectivity index (χ1) is 18.9. The highest BCUT2D eigenvalue weighted by Gasteiger charge is 2.18. The van der Waals surface area contributed by atoms with Gasteiger partial charge < -0.3 is 19.3 Å². The molecule has 0 atom stereocenters. The second kappa shape index (κ2) is 14.2. The van der Waals surface area contributed by atoms with E-state index in [-0.39, 0.29) is 23.8 Å². The van der Waals surface area contributed by atoms with Crippen LogP contribution in [0.3, 0.4) is 0 Å². The van der Waals surface area contributed by atoms with E-state index in [1.165, 1.54) is 23.9 Å². The summed E-state index contributed by atoms with van der Waals surface area (Å²) in [7, 11) is 0. The number of ether oxygens (including phenoxy) is 3. The molecule has 0 saturated carbocycles. The van der Waals surface area contributed by atoms with E-state index in [0.29, 0.717) is 39.6 Å². The largest absolute Gasteiger partial charge is 0.490 e. The Bertz CT molecular complexity index is 1330. The molecular formula is C28H27ClN2O6S2. The average Bonchev–Trinajstić information content (AvgIpc) is 3.47. The first kappa shape index (κ1) is 28.7. The normalized spacial score (nSPS) is 13.4. The number of benzene rings is 3. The highest BCUT2D eigenvalue weighted by Crippen LogP contribution is 2.45. The number of hydrogen-bond donors (Lipinski definition) is 2. The number of amides is 1. The first-order valence-corrected chi connectivity index (χ1v) is 14.6. The van der Waals surface area contributed by atoms with Gasteiger partial charge in [-0.2, -0.15) is 5.10 Å². The maximum absolute atomic E-state index is 12.2. The number of carboxylic acid groups (broad SMARTS) is 1. The molecule has 0 aliphatic carbocycles. The molecule has 3 aromatic rings. The highest BCUT2D eigenvalue weighted by atomic mass is 35.5.